The smallest absolute Gasteiger partial charge is 0.183 e. The number of halogens is 1. The Morgan fingerprint density at radius 3 is 3.12 bits per heavy atom. The van der Waals surface area contributed by atoms with E-state index in [0.29, 0.717) is 18.1 Å². The van der Waals surface area contributed by atoms with E-state index in [0.717, 1.165) is 15.3 Å². The van der Waals surface area contributed by atoms with Crippen LogP contribution >= 0.6 is 11.3 Å². The average Bonchev–Trinajstić information content (AvgIpc) is 2.70. The van der Waals surface area contributed by atoms with Gasteiger partial charge in [-0.1, -0.05) is 18.3 Å². The van der Waals surface area contributed by atoms with Crippen molar-refractivity contribution in [1.29, 1.82) is 0 Å². The average molecular weight is 272 g/mol. The van der Waals surface area contributed by atoms with Gasteiger partial charge in [-0.25, -0.2) is 9.37 Å². The summed E-state index contributed by atoms with van der Waals surface area (Å²) in [7, 11) is -0.768. The van der Waals surface area contributed by atoms with Crippen molar-refractivity contribution in [2.45, 2.75) is 6.92 Å². The van der Waals surface area contributed by atoms with Gasteiger partial charge in [-0.3, -0.25) is 4.21 Å². The van der Waals surface area contributed by atoms with Gasteiger partial charge in [-0.05, 0) is 18.2 Å². The molecular weight excluding hydrogens is 259 g/mol. The molecule has 0 amide bonds. The maximum atomic E-state index is 13.0. The first-order valence-electron chi connectivity index (χ1n) is 5.34. The Labute approximate surface area is 106 Å². The van der Waals surface area contributed by atoms with E-state index in [9.17, 15) is 8.60 Å². The molecule has 0 spiro atoms. The van der Waals surface area contributed by atoms with Gasteiger partial charge in [0.1, 0.15) is 5.82 Å². The van der Waals surface area contributed by atoms with Crippen molar-refractivity contribution < 1.29 is 8.60 Å². The van der Waals surface area contributed by atoms with Crippen LogP contribution in [0.15, 0.2) is 18.2 Å². The zero-order valence-corrected chi connectivity index (χ0v) is 11.0. The Bertz CT molecular complexity index is 541. The summed E-state index contributed by atoms with van der Waals surface area (Å²) >= 11 is 1.41. The van der Waals surface area contributed by atoms with Crippen molar-refractivity contribution in [3.8, 4) is 0 Å². The minimum atomic E-state index is -0.768. The highest BCUT2D eigenvalue weighted by atomic mass is 32.2. The minimum absolute atomic E-state index is 0.250. The number of nitrogens with zero attached hydrogens (tertiary/aromatic N) is 1. The van der Waals surface area contributed by atoms with E-state index >= 15 is 0 Å². The zero-order chi connectivity index (χ0) is 12.3. The molecular formula is C11H13FN2OS2. The summed E-state index contributed by atoms with van der Waals surface area (Å²) in [5.74, 6) is 1.04. The quantitative estimate of drug-likeness (QED) is 0.909. The molecule has 0 saturated carbocycles. The predicted octanol–water partition coefficient (Wildman–Crippen LogP) is 2.62. The van der Waals surface area contributed by atoms with Gasteiger partial charge >= 0.3 is 0 Å². The van der Waals surface area contributed by atoms with E-state index in [1.54, 1.807) is 6.07 Å². The topological polar surface area (TPSA) is 42.0 Å². The number of anilines is 1. The first kappa shape index (κ1) is 12.4. The molecule has 1 aromatic heterocycles. The Morgan fingerprint density at radius 2 is 2.35 bits per heavy atom. The first-order valence-corrected chi connectivity index (χ1v) is 7.64. The predicted molar refractivity (Wildman–Crippen MR) is 71.6 cm³/mol. The summed E-state index contributed by atoms with van der Waals surface area (Å²) in [5.41, 5.74) is 0.788. The highest BCUT2D eigenvalue weighted by Crippen LogP contribution is 2.26. The van der Waals surface area contributed by atoms with Gasteiger partial charge in [0, 0.05) is 28.9 Å². The van der Waals surface area contributed by atoms with E-state index in [1.165, 1.54) is 23.5 Å². The van der Waals surface area contributed by atoms with Gasteiger partial charge in [-0.15, -0.1) is 0 Å². The van der Waals surface area contributed by atoms with Gasteiger partial charge in [0.15, 0.2) is 5.13 Å². The standard InChI is InChI=1S/C11H13FN2OS2/c1-2-17(15)6-5-13-11-14-9-4-3-8(12)7-10(9)16-11/h3-4,7H,2,5-6H2,1H3,(H,13,14). The van der Waals surface area contributed by atoms with E-state index < -0.39 is 10.8 Å². The summed E-state index contributed by atoms with van der Waals surface area (Å²) in [4.78, 5) is 4.32. The molecule has 0 aliphatic heterocycles. The van der Waals surface area contributed by atoms with Crippen molar-refractivity contribution in [3.05, 3.63) is 24.0 Å². The van der Waals surface area contributed by atoms with Crippen LogP contribution in [0.2, 0.25) is 0 Å². The van der Waals surface area contributed by atoms with Crippen LogP contribution in [0.3, 0.4) is 0 Å². The largest absolute Gasteiger partial charge is 0.361 e. The number of benzene rings is 1. The molecule has 0 bridgehead atoms. The molecule has 0 radical (unpaired) electrons. The molecule has 6 heteroatoms. The fraction of sp³-hybridized carbons (Fsp3) is 0.364. The van der Waals surface area contributed by atoms with Crippen LogP contribution in [0.4, 0.5) is 9.52 Å². The fourth-order valence-corrected chi connectivity index (χ4v) is 2.92. The monoisotopic (exact) mass is 272 g/mol. The molecule has 1 atom stereocenters. The highest BCUT2D eigenvalue weighted by molar-refractivity contribution is 7.84. The number of fused-ring (bicyclic) bond motifs is 1. The third kappa shape index (κ3) is 3.23. The van der Waals surface area contributed by atoms with Crippen molar-refractivity contribution in [2.75, 3.05) is 23.4 Å². The van der Waals surface area contributed by atoms with Gasteiger partial charge in [0.2, 0.25) is 0 Å². The second-order valence-corrected chi connectivity index (χ2v) is 6.39. The molecule has 2 aromatic rings. The Kier molecular flexibility index (Phi) is 4.06. The molecule has 1 N–H and O–H groups in total. The molecule has 17 heavy (non-hydrogen) atoms. The van der Waals surface area contributed by atoms with E-state index in [4.69, 9.17) is 0 Å². The molecule has 1 aromatic carbocycles. The molecule has 0 aliphatic carbocycles. The number of hydrogen-bond donors (Lipinski definition) is 1. The summed E-state index contributed by atoms with van der Waals surface area (Å²) in [6.45, 7) is 2.53. The molecule has 0 aliphatic rings. The van der Waals surface area contributed by atoms with Crippen LogP contribution in [0.5, 0.6) is 0 Å². The molecule has 92 valence electrons. The zero-order valence-electron chi connectivity index (χ0n) is 9.40. The van der Waals surface area contributed by atoms with Crippen LogP contribution in [0, 0.1) is 5.82 Å². The maximum Gasteiger partial charge on any atom is 0.183 e. The van der Waals surface area contributed by atoms with Gasteiger partial charge in [-0.2, -0.15) is 0 Å². The van der Waals surface area contributed by atoms with Crippen molar-refractivity contribution in [1.82, 2.24) is 4.98 Å². The number of rotatable bonds is 5. The Hall–Kier alpha value is -1.01. The highest BCUT2D eigenvalue weighted by Gasteiger charge is 2.04. The van der Waals surface area contributed by atoms with Gasteiger partial charge in [0.05, 0.1) is 10.2 Å². The van der Waals surface area contributed by atoms with Crippen LogP contribution in [0.1, 0.15) is 6.92 Å². The lowest BCUT2D eigenvalue weighted by Gasteiger charge is -2.00. The third-order valence-electron chi connectivity index (χ3n) is 2.28. The third-order valence-corrected chi connectivity index (χ3v) is 4.56. The Morgan fingerprint density at radius 1 is 1.53 bits per heavy atom. The van der Waals surface area contributed by atoms with Gasteiger partial charge in [0.25, 0.3) is 0 Å². The van der Waals surface area contributed by atoms with E-state index in [2.05, 4.69) is 10.3 Å². The molecule has 3 nitrogen and oxygen atoms in total. The minimum Gasteiger partial charge on any atom is -0.361 e. The van der Waals surface area contributed by atoms with Crippen LogP contribution in [-0.4, -0.2) is 27.2 Å². The van der Waals surface area contributed by atoms with E-state index in [-0.39, 0.29) is 5.82 Å². The summed E-state index contributed by atoms with van der Waals surface area (Å²) in [5, 5.41) is 3.86. The van der Waals surface area contributed by atoms with Crippen LogP contribution in [0.25, 0.3) is 10.2 Å². The second kappa shape index (κ2) is 5.55. The molecule has 0 saturated heterocycles. The lowest BCUT2D eigenvalue weighted by Crippen LogP contribution is -2.11. The summed E-state index contributed by atoms with van der Waals surface area (Å²) in [6.07, 6.45) is 0. The summed E-state index contributed by atoms with van der Waals surface area (Å²) < 4.78 is 25.0. The van der Waals surface area contributed by atoms with Crippen molar-refractivity contribution in [3.63, 3.8) is 0 Å². The molecule has 1 unspecified atom stereocenters. The van der Waals surface area contributed by atoms with E-state index in [1.807, 2.05) is 6.92 Å². The number of thiazole rings is 1. The SMILES string of the molecule is CCS(=O)CCNc1nc2ccc(F)cc2s1. The number of aromatic nitrogens is 1. The van der Waals surface area contributed by atoms with Crippen molar-refractivity contribution >= 4 is 37.5 Å². The van der Waals surface area contributed by atoms with Crippen LogP contribution in [-0.2, 0) is 10.8 Å². The molecule has 1 heterocycles. The van der Waals surface area contributed by atoms with Gasteiger partial charge < -0.3 is 5.32 Å². The van der Waals surface area contributed by atoms with Crippen molar-refractivity contribution in [2.24, 2.45) is 0 Å². The number of nitrogens with one attached hydrogen (secondary N) is 1. The molecule has 2 rings (SSSR count). The fourth-order valence-electron chi connectivity index (χ4n) is 1.39. The lowest BCUT2D eigenvalue weighted by molar-refractivity contribution is 0.630. The molecule has 0 fully saturated rings. The van der Waals surface area contributed by atoms with Crippen LogP contribution < -0.4 is 5.32 Å². The first-order chi connectivity index (χ1) is 8.19. The summed E-state index contributed by atoms with van der Waals surface area (Å²) in [6, 6.07) is 4.54. The Balaban J connectivity index is 2.02. The normalized spacial score (nSPS) is 12.8. The maximum absolute atomic E-state index is 13.0. The second-order valence-electron chi connectivity index (χ2n) is 3.49. The number of hydrogen-bond acceptors (Lipinski definition) is 4. The lowest BCUT2D eigenvalue weighted by atomic mass is 10.3.